The van der Waals surface area contributed by atoms with Crippen LogP contribution >= 0.6 is 0 Å². The van der Waals surface area contributed by atoms with E-state index in [2.05, 4.69) is 5.32 Å². The van der Waals surface area contributed by atoms with Crippen molar-refractivity contribution in [2.45, 2.75) is 39.2 Å². The summed E-state index contributed by atoms with van der Waals surface area (Å²) in [5.41, 5.74) is -0.504. The van der Waals surface area contributed by atoms with Gasteiger partial charge in [0.25, 0.3) is 0 Å². The Morgan fingerprint density at radius 3 is 2.60 bits per heavy atom. The van der Waals surface area contributed by atoms with Gasteiger partial charge in [-0.25, -0.2) is 4.79 Å². The second-order valence-corrected chi connectivity index (χ2v) is 6.74. The summed E-state index contributed by atoms with van der Waals surface area (Å²) in [6.45, 7) is 8.24. The second kappa shape index (κ2) is 5.60. The maximum Gasteiger partial charge on any atom is 0.410 e. The minimum atomic E-state index is -0.467. The van der Waals surface area contributed by atoms with E-state index < -0.39 is 5.60 Å². The quantitative estimate of drug-likeness (QED) is 0.724. The van der Waals surface area contributed by atoms with Gasteiger partial charge in [-0.15, -0.1) is 0 Å². The van der Waals surface area contributed by atoms with Crippen LogP contribution < -0.4 is 5.32 Å². The summed E-state index contributed by atoms with van der Waals surface area (Å²) in [4.78, 5) is 25.1. The van der Waals surface area contributed by atoms with E-state index in [0.717, 1.165) is 12.8 Å². The van der Waals surface area contributed by atoms with Crippen LogP contribution in [-0.2, 0) is 14.3 Å². The third kappa shape index (κ3) is 3.85. The van der Waals surface area contributed by atoms with Crippen molar-refractivity contribution in [1.82, 2.24) is 10.2 Å². The van der Waals surface area contributed by atoms with Crippen molar-refractivity contribution in [2.75, 3.05) is 32.8 Å². The average Bonchev–Trinajstić information content (AvgIpc) is 2.51. The first kappa shape index (κ1) is 15.1. The Bertz CT molecular complexity index is 381. The van der Waals surface area contributed by atoms with Crippen LogP contribution in [0.5, 0.6) is 0 Å². The number of likely N-dealkylation sites (tertiary alicyclic amines) is 1. The van der Waals surface area contributed by atoms with E-state index in [9.17, 15) is 9.59 Å². The standard InChI is InChI=1S/C14H24N2O4/c1-13(2,3)20-12(18)16-6-4-14(5-7-16)9-15-11(17)8-19-10-14/h4-10H2,1-3H3,(H,15,17). The van der Waals surface area contributed by atoms with Gasteiger partial charge >= 0.3 is 6.09 Å². The van der Waals surface area contributed by atoms with Crippen LogP contribution in [0.2, 0.25) is 0 Å². The van der Waals surface area contributed by atoms with Crippen LogP contribution in [0, 0.1) is 5.41 Å². The minimum Gasteiger partial charge on any atom is -0.444 e. The van der Waals surface area contributed by atoms with E-state index in [1.807, 2.05) is 20.8 Å². The molecule has 2 rings (SSSR count). The molecule has 0 unspecified atom stereocenters. The Balaban J connectivity index is 1.88. The van der Waals surface area contributed by atoms with Crippen molar-refractivity contribution in [2.24, 2.45) is 5.41 Å². The van der Waals surface area contributed by atoms with E-state index in [1.165, 1.54) is 0 Å². The molecule has 20 heavy (non-hydrogen) atoms. The summed E-state index contributed by atoms with van der Waals surface area (Å²) < 4.78 is 10.8. The lowest BCUT2D eigenvalue weighted by Gasteiger charge is -2.40. The summed E-state index contributed by atoms with van der Waals surface area (Å²) in [6, 6.07) is 0. The van der Waals surface area contributed by atoms with Gasteiger partial charge in [-0.2, -0.15) is 0 Å². The molecule has 1 N–H and O–H groups in total. The van der Waals surface area contributed by atoms with Gasteiger partial charge in [-0.05, 0) is 33.6 Å². The predicted molar refractivity (Wildman–Crippen MR) is 73.3 cm³/mol. The smallest absolute Gasteiger partial charge is 0.410 e. The molecule has 6 nitrogen and oxygen atoms in total. The first-order valence-corrected chi connectivity index (χ1v) is 7.12. The van der Waals surface area contributed by atoms with Crippen LogP contribution in [0.25, 0.3) is 0 Å². The molecule has 0 bridgehead atoms. The topological polar surface area (TPSA) is 67.9 Å². The van der Waals surface area contributed by atoms with Gasteiger partial charge in [-0.3, -0.25) is 4.79 Å². The summed E-state index contributed by atoms with van der Waals surface area (Å²) in [5.74, 6) is -0.0588. The molecule has 0 radical (unpaired) electrons. The molecule has 2 fully saturated rings. The van der Waals surface area contributed by atoms with Gasteiger partial charge in [0.1, 0.15) is 12.2 Å². The summed E-state index contributed by atoms with van der Waals surface area (Å²) >= 11 is 0. The van der Waals surface area contributed by atoms with Crippen molar-refractivity contribution in [3.63, 3.8) is 0 Å². The molecule has 2 aliphatic rings. The molecule has 0 aromatic heterocycles. The first-order chi connectivity index (χ1) is 9.30. The zero-order valence-corrected chi connectivity index (χ0v) is 12.5. The number of hydrogen-bond acceptors (Lipinski definition) is 4. The van der Waals surface area contributed by atoms with Crippen molar-refractivity contribution in [3.8, 4) is 0 Å². The number of nitrogens with zero attached hydrogens (tertiary/aromatic N) is 1. The zero-order valence-electron chi connectivity index (χ0n) is 12.5. The third-order valence-electron chi connectivity index (χ3n) is 3.78. The van der Waals surface area contributed by atoms with Crippen LogP contribution in [0.1, 0.15) is 33.6 Å². The van der Waals surface area contributed by atoms with Crippen LogP contribution in [0.15, 0.2) is 0 Å². The highest BCUT2D eigenvalue weighted by molar-refractivity contribution is 5.77. The van der Waals surface area contributed by atoms with Crippen LogP contribution in [0.3, 0.4) is 0 Å². The van der Waals surface area contributed by atoms with Crippen molar-refractivity contribution < 1.29 is 19.1 Å². The molecular formula is C14H24N2O4. The maximum atomic E-state index is 12.0. The van der Waals surface area contributed by atoms with Gasteiger partial charge in [0.2, 0.25) is 5.91 Å². The maximum absolute atomic E-state index is 12.0. The highest BCUT2D eigenvalue weighted by atomic mass is 16.6. The molecule has 2 heterocycles. The molecule has 0 saturated carbocycles. The van der Waals surface area contributed by atoms with Crippen LogP contribution in [0.4, 0.5) is 4.79 Å². The molecule has 0 aromatic rings. The lowest BCUT2D eigenvalue weighted by atomic mass is 9.79. The van der Waals surface area contributed by atoms with Crippen molar-refractivity contribution >= 4 is 12.0 Å². The molecule has 0 aliphatic carbocycles. The summed E-state index contributed by atoms with van der Waals surface area (Å²) in [5, 5.41) is 2.89. The zero-order chi connectivity index (χ0) is 14.8. The molecular weight excluding hydrogens is 260 g/mol. The highest BCUT2D eigenvalue weighted by Crippen LogP contribution is 2.32. The molecule has 2 saturated heterocycles. The Morgan fingerprint density at radius 2 is 2.00 bits per heavy atom. The first-order valence-electron chi connectivity index (χ1n) is 7.12. The van der Waals surface area contributed by atoms with E-state index >= 15 is 0 Å². The number of carbonyl (C=O) groups excluding carboxylic acids is 2. The van der Waals surface area contributed by atoms with Gasteiger partial charge < -0.3 is 19.7 Å². The third-order valence-corrected chi connectivity index (χ3v) is 3.78. The highest BCUT2D eigenvalue weighted by Gasteiger charge is 2.38. The van der Waals surface area contributed by atoms with Crippen molar-refractivity contribution in [3.05, 3.63) is 0 Å². The number of carbonyl (C=O) groups is 2. The van der Waals surface area contributed by atoms with Gasteiger partial charge in [0.15, 0.2) is 0 Å². The van der Waals surface area contributed by atoms with E-state index in [1.54, 1.807) is 4.90 Å². The fourth-order valence-corrected chi connectivity index (χ4v) is 2.56. The fourth-order valence-electron chi connectivity index (χ4n) is 2.56. The Hall–Kier alpha value is -1.30. The van der Waals surface area contributed by atoms with E-state index in [-0.39, 0.29) is 24.0 Å². The lowest BCUT2D eigenvalue weighted by molar-refractivity contribution is -0.124. The Labute approximate surface area is 119 Å². The van der Waals surface area contributed by atoms with Gasteiger partial charge in [0.05, 0.1) is 6.61 Å². The lowest BCUT2D eigenvalue weighted by Crippen LogP contribution is -2.49. The normalized spacial score (nSPS) is 23.1. The summed E-state index contributed by atoms with van der Waals surface area (Å²) in [6.07, 6.45) is 1.39. The summed E-state index contributed by atoms with van der Waals surface area (Å²) in [7, 11) is 0. The monoisotopic (exact) mass is 284 g/mol. The predicted octanol–water partition coefficient (Wildman–Crippen LogP) is 1.15. The number of nitrogens with one attached hydrogen (secondary N) is 1. The molecule has 0 atom stereocenters. The average molecular weight is 284 g/mol. The van der Waals surface area contributed by atoms with Gasteiger partial charge in [-0.1, -0.05) is 0 Å². The van der Waals surface area contributed by atoms with Crippen LogP contribution in [-0.4, -0.2) is 55.3 Å². The Morgan fingerprint density at radius 1 is 1.35 bits per heavy atom. The number of amides is 2. The van der Waals surface area contributed by atoms with Crippen molar-refractivity contribution in [1.29, 1.82) is 0 Å². The molecule has 2 amide bonds. The number of rotatable bonds is 0. The number of piperidine rings is 1. The largest absolute Gasteiger partial charge is 0.444 e. The van der Waals surface area contributed by atoms with Gasteiger partial charge in [0, 0.05) is 25.0 Å². The number of hydrogen-bond donors (Lipinski definition) is 1. The number of ether oxygens (including phenoxy) is 2. The van der Waals surface area contributed by atoms with E-state index in [0.29, 0.717) is 26.2 Å². The molecule has 2 aliphatic heterocycles. The Kier molecular flexibility index (Phi) is 4.22. The SMILES string of the molecule is CC(C)(C)OC(=O)N1CCC2(CC1)CNC(=O)COC2. The molecule has 0 aromatic carbocycles. The van der Waals surface area contributed by atoms with E-state index in [4.69, 9.17) is 9.47 Å². The minimum absolute atomic E-state index is 0.0370. The fraction of sp³-hybridized carbons (Fsp3) is 0.857. The molecule has 6 heteroatoms. The molecule has 114 valence electrons. The second-order valence-electron chi connectivity index (χ2n) is 6.74. The molecule has 1 spiro atoms.